The van der Waals surface area contributed by atoms with Crippen molar-refractivity contribution in [2.75, 3.05) is 13.2 Å². The number of halogens is 1. The normalized spacial score (nSPS) is 18.9. The highest BCUT2D eigenvalue weighted by molar-refractivity contribution is 5.96. The lowest BCUT2D eigenvalue weighted by atomic mass is 10.1. The molecule has 1 fully saturated rings. The van der Waals surface area contributed by atoms with Gasteiger partial charge in [0, 0.05) is 24.8 Å². The molecule has 0 radical (unpaired) electrons. The molecular weight excluding hydrogens is 245 g/mol. The molecule has 1 N–H and O–H groups in total. The average Bonchev–Trinajstić information content (AvgIpc) is 2.86. The quantitative estimate of drug-likeness (QED) is 0.908. The highest BCUT2D eigenvalue weighted by Gasteiger charge is 2.29. The molecular formula is C15H20FNO2. The molecule has 1 aliphatic rings. The van der Waals surface area contributed by atoms with Gasteiger partial charge in [0.2, 0.25) is 0 Å². The van der Waals surface area contributed by atoms with Crippen molar-refractivity contribution in [3.63, 3.8) is 0 Å². The SMILES string of the molecule is Cc1ccc(F)cc1C(=O)N1CCCC1CCCO. The molecule has 104 valence electrons. The van der Waals surface area contributed by atoms with Crippen molar-refractivity contribution in [1.29, 1.82) is 0 Å². The number of amides is 1. The minimum Gasteiger partial charge on any atom is -0.396 e. The number of aliphatic hydroxyl groups excluding tert-OH is 1. The summed E-state index contributed by atoms with van der Waals surface area (Å²) >= 11 is 0. The molecule has 1 aromatic carbocycles. The molecule has 1 atom stereocenters. The van der Waals surface area contributed by atoms with Gasteiger partial charge in [-0.1, -0.05) is 6.07 Å². The first-order valence-electron chi connectivity index (χ1n) is 6.81. The van der Waals surface area contributed by atoms with Crippen molar-refractivity contribution in [1.82, 2.24) is 4.90 Å². The van der Waals surface area contributed by atoms with Crippen LogP contribution in [-0.2, 0) is 0 Å². The number of hydrogen-bond acceptors (Lipinski definition) is 2. The molecule has 1 saturated heterocycles. The fourth-order valence-corrected chi connectivity index (χ4v) is 2.71. The standard InChI is InChI=1S/C15H20FNO2/c1-11-6-7-12(16)10-14(11)15(19)17-8-2-4-13(17)5-3-9-18/h6-7,10,13,18H,2-5,8-9H2,1H3. The molecule has 0 aliphatic carbocycles. The first-order chi connectivity index (χ1) is 9.13. The van der Waals surface area contributed by atoms with Crippen molar-refractivity contribution in [2.24, 2.45) is 0 Å². The van der Waals surface area contributed by atoms with Crippen LogP contribution in [0, 0.1) is 12.7 Å². The van der Waals surface area contributed by atoms with E-state index in [0.29, 0.717) is 12.0 Å². The van der Waals surface area contributed by atoms with Crippen LogP contribution in [-0.4, -0.2) is 35.1 Å². The molecule has 4 heteroatoms. The van der Waals surface area contributed by atoms with E-state index < -0.39 is 0 Å². The number of rotatable bonds is 4. The molecule has 1 heterocycles. The molecule has 0 bridgehead atoms. The number of benzene rings is 1. The Bertz CT molecular complexity index is 461. The summed E-state index contributed by atoms with van der Waals surface area (Å²) in [5.41, 5.74) is 1.26. The molecule has 19 heavy (non-hydrogen) atoms. The summed E-state index contributed by atoms with van der Waals surface area (Å²) in [6, 6.07) is 4.52. The number of nitrogens with zero attached hydrogens (tertiary/aromatic N) is 1. The maximum absolute atomic E-state index is 13.3. The lowest BCUT2D eigenvalue weighted by molar-refractivity contribution is 0.0723. The summed E-state index contributed by atoms with van der Waals surface area (Å²) in [4.78, 5) is 14.3. The number of carbonyl (C=O) groups excluding carboxylic acids is 1. The summed E-state index contributed by atoms with van der Waals surface area (Å²) in [7, 11) is 0. The zero-order chi connectivity index (χ0) is 13.8. The van der Waals surface area contributed by atoms with E-state index in [4.69, 9.17) is 5.11 Å². The highest BCUT2D eigenvalue weighted by Crippen LogP contribution is 2.24. The van der Waals surface area contributed by atoms with Gasteiger partial charge in [-0.15, -0.1) is 0 Å². The first kappa shape index (κ1) is 14.0. The summed E-state index contributed by atoms with van der Waals surface area (Å²) in [5.74, 6) is -0.461. The number of carbonyl (C=O) groups is 1. The minimum absolute atomic E-state index is 0.0857. The van der Waals surface area contributed by atoms with Crippen LogP contribution in [0.4, 0.5) is 4.39 Å². The Labute approximate surface area is 113 Å². The maximum atomic E-state index is 13.3. The smallest absolute Gasteiger partial charge is 0.254 e. The number of likely N-dealkylation sites (tertiary alicyclic amines) is 1. The number of aliphatic hydroxyl groups is 1. The third kappa shape index (κ3) is 3.13. The Balaban J connectivity index is 2.16. The van der Waals surface area contributed by atoms with Gasteiger partial charge in [-0.25, -0.2) is 4.39 Å². The monoisotopic (exact) mass is 265 g/mol. The van der Waals surface area contributed by atoms with E-state index >= 15 is 0 Å². The zero-order valence-corrected chi connectivity index (χ0v) is 11.2. The van der Waals surface area contributed by atoms with E-state index in [9.17, 15) is 9.18 Å². The molecule has 0 saturated carbocycles. The second-order valence-corrected chi connectivity index (χ2v) is 5.12. The average molecular weight is 265 g/mol. The number of aryl methyl sites for hydroxylation is 1. The minimum atomic E-state index is -0.375. The van der Waals surface area contributed by atoms with Gasteiger partial charge >= 0.3 is 0 Å². The van der Waals surface area contributed by atoms with Crippen LogP contribution in [0.1, 0.15) is 41.6 Å². The van der Waals surface area contributed by atoms with Gasteiger partial charge < -0.3 is 10.0 Å². The zero-order valence-electron chi connectivity index (χ0n) is 11.2. The predicted molar refractivity (Wildman–Crippen MR) is 71.5 cm³/mol. The predicted octanol–water partition coefficient (Wildman–Crippen LogP) is 2.51. The van der Waals surface area contributed by atoms with Crippen LogP contribution < -0.4 is 0 Å². The van der Waals surface area contributed by atoms with Crippen molar-refractivity contribution in [2.45, 2.75) is 38.6 Å². The van der Waals surface area contributed by atoms with E-state index in [2.05, 4.69) is 0 Å². The maximum Gasteiger partial charge on any atom is 0.254 e. The highest BCUT2D eigenvalue weighted by atomic mass is 19.1. The second kappa shape index (κ2) is 6.15. The van der Waals surface area contributed by atoms with Crippen molar-refractivity contribution >= 4 is 5.91 Å². The van der Waals surface area contributed by atoms with Gasteiger partial charge in [0.1, 0.15) is 5.82 Å². The van der Waals surface area contributed by atoms with Crippen LogP contribution in [0.3, 0.4) is 0 Å². The molecule has 1 aliphatic heterocycles. The molecule has 3 nitrogen and oxygen atoms in total. The van der Waals surface area contributed by atoms with Gasteiger partial charge in [-0.05, 0) is 50.3 Å². The van der Waals surface area contributed by atoms with Gasteiger partial charge in [-0.3, -0.25) is 4.79 Å². The molecule has 1 amide bonds. The lowest BCUT2D eigenvalue weighted by Crippen LogP contribution is -2.36. The van der Waals surface area contributed by atoms with E-state index in [-0.39, 0.29) is 24.4 Å². The summed E-state index contributed by atoms with van der Waals surface area (Å²) in [6.07, 6.45) is 3.48. The van der Waals surface area contributed by atoms with E-state index in [0.717, 1.165) is 31.4 Å². The van der Waals surface area contributed by atoms with Crippen molar-refractivity contribution in [3.8, 4) is 0 Å². The Morgan fingerprint density at radius 3 is 3.05 bits per heavy atom. The van der Waals surface area contributed by atoms with E-state index in [1.54, 1.807) is 6.07 Å². The summed E-state index contributed by atoms with van der Waals surface area (Å²) in [6.45, 7) is 2.70. The third-order valence-electron chi connectivity index (χ3n) is 3.76. The van der Waals surface area contributed by atoms with Crippen LogP contribution in [0.2, 0.25) is 0 Å². The lowest BCUT2D eigenvalue weighted by Gasteiger charge is -2.25. The Morgan fingerprint density at radius 1 is 1.53 bits per heavy atom. The summed E-state index contributed by atoms with van der Waals surface area (Å²) < 4.78 is 13.3. The third-order valence-corrected chi connectivity index (χ3v) is 3.76. The number of hydrogen-bond donors (Lipinski definition) is 1. The Hall–Kier alpha value is -1.42. The van der Waals surface area contributed by atoms with Crippen molar-refractivity contribution < 1.29 is 14.3 Å². The van der Waals surface area contributed by atoms with Gasteiger partial charge in [-0.2, -0.15) is 0 Å². The topological polar surface area (TPSA) is 40.5 Å². The fraction of sp³-hybridized carbons (Fsp3) is 0.533. The van der Waals surface area contributed by atoms with Crippen molar-refractivity contribution in [3.05, 3.63) is 35.1 Å². The molecule has 2 rings (SSSR count). The van der Waals surface area contributed by atoms with E-state index in [1.807, 2.05) is 11.8 Å². The molecule has 1 aromatic rings. The van der Waals surface area contributed by atoms with Crippen LogP contribution in [0.5, 0.6) is 0 Å². The summed E-state index contributed by atoms with van der Waals surface area (Å²) in [5, 5.41) is 8.90. The first-order valence-corrected chi connectivity index (χ1v) is 6.81. The van der Waals surface area contributed by atoms with Crippen LogP contribution in [0.15, 0.2) is 18.2 Å². The van der Waals surface area contributed by atoms with E-state index in [1.165, 1.54) is 12.1 Å². The molecule has 0 aromatic heterocycles. The molecule has 1 unspecified atom stereocenters. The molecule has 0 spiro atoms. The van der Waals surface area contributed by atoms with Crippen LogP contribution >= 0.6 is 0 Å². The fourth-order valence-electron chi connectivity index (χ4n) is 2.71. The largest absolute Gasteiger partial charge is 0.396 e. The Morgan fingerprint density at radius 2 is 2.32 bits per heavy atom. The van der Waals surface area contributed by atoms with Gasteiger partial charge in [0.15, 0.2) is 0 Å². The second-order valence-electron chi connectivity index (χ2n) is 5.12. The Kier molecular flexibility index (Phi) is 4.53. The van der Waals surface area contributed by atoms with Gasteiger partial charge in [0.25, 0.3) is 5.91 Å². The van der Waals surface area contributed by atoms with Gasteiger partial charge in [0.05, 0.1) is 0 Å². The van der Waals surface area contributed by atoms with Crippen LogP contribution in [0.25, 0.3) is 0 Å².